The summed E-state index contributed by atoms with van der Waals surface area (Å²) in [5.41, 5.74) is 6.88. The van der Waals surface area contributed by atoms with Crippen molar-refractivity contribution in [3.8, 4) is 0 Å². The van der Waals surface area contributed by atoms with E-state index in [9.17, 15) is 0 Å². The zero-order valence-corrected chi connectivity index (χ0v) is 10.5. The Labute approximate surface area is 99.3 Å². The first-order valence-corrected chi connectivity index (χ1v) is 5.99. The second-order valence-electron chi connectivity index (χ2n) is 2.93. The van der Waals surface area contributed by atoms with Crippen molar-refractivity contribution >= 4 is 33.9 Å². The Morgan fingerprint density at radius 1 is 1.64 bits per heavy atom. The fourth-order valence-corrected chi connectivity index (χ4v) is 3.11. The van der Waals surface area contributed by atoms with E-state index < -0.39 is 0 Å². The van der Waals surface area contributed by atoms with Gasteiger partial charge < -0.3 is 5.73 Å². The molecule has 6 heteroatoms. The molecule has 0 radical (unpaired) electrons. The number of rotatable bonds is 2. The third-order valence-corrected chi connectivity index (χ3v) is 4.17. The number of aromatic nitrogens is 3. The number of hydrogen-bond donors (Lipinski definition) is 1. The molecular weight excluding hydrogens is 311 g/mol. The molecule has 0 bridgehead atoms. The average molecular weight is 320 g/mol. The summed E-state index contributed by atoms with van der Waals surface area (Å²) in [4.78, 5) is 1.14. The summed E-state index contributed by atoms with van der Waals surface area (Å²) < 4.78 is 2.85. The fourth-order valence-electron chi connectivity index (χ4n) is 1.17. The Kier molecular flexibility index (Phi) is 2.84. The van der Waals surface area contributed by atoms with Crippen molar-refractivity contribution in [1.82, 2.24) is 15.0 Å². The molecule has 0 fully saturated rings. The predicted octanol–water partition coefficient (Wildman–Crippen LogP) is 1.53. The monoisotopic (exact) mass is 320 g/mol. The lowest BCUT2D eigenvalue weighted by Gasteiger charge is -2.05. The van der Waals surface area contributed by atoms with Gasteiger partial charge in [0.05, 0.1) is 12.2 Å². The number of aryl methyl sites for hydroxylation is 1. The van der Waals surface area contributed by atoms with Crippen molar-refractivity contribution in [1.29, 1.82) is 0 Å². The van der Waals surface area contributed by atoms with Crippen LogP contribution in [0.1, 0.15) is 16.6 Å². The van der Waals surface area contributed by atoms with Gasteiger partial charge in [-0.05, 0) is 34.0 Å². The standard InChI is InChI=1S/C8H9IN4S/c1-13-4-6(11-12-13)7(10)8-5(9)2-3-14-8/h2-4,7H,10H2,1H3. The summed E-state index contributed by atoms with van der Waals surface area (Å²) in [5, 5.41) is 9.91. The number of thiophene rings is 1. The van der Waals surface area contributed by atoms with Crippen molar-refractivity contribution in [3.63, 3.8) is 0 Å². The van der Waals surface area contributed by atoms with Gasteiger partial charge in [-0.2, -0.15) is 0 Å². The summed E-state index contributed by atoms with van der Waals surface area (Å²) in [5.74, 6) is 0. The highest BCUT2D eigenvalue weighted by Crippen LogP contribution is 2.27. The lowest BCUT2D eigenvalue weighted by Crippen LogP contribution is -2.11. The minimum Gasteiger partial charge on any atom is -0.318 e. The molecule has 2 aromatic heterocycles. The number of hydrogen-bond acceptors (Lipinski definition) is 4. The molecule has 4 nitrogen and oxygen atoms in total. The van der Waals surface area contributed by atoms with E-state index in [4.69, 9.17) is 5.73 Å². The molecule has 0 saturated carbocycles. The van der Waals surface area contributed by atoms with Crippen molar-refractivity contribution in [2.75, 3.05) is 0 Å². The third-order valence-electron chi connectivity index (χ3n) is 1.87. The third kappa shape index (κ3) is 1.82. The fraction of sp³-hybridized carbons (Fsp3) is 0.250. The van der Waals surface area contributed by atoms with E-state index in [1.807, 2.05) is 18.6 Å². The van der Waals surface area contributed by atoms with Crippen LogP contribution in [0.2, 0.25) is 0 Å². The first-order chi connectivity index (χ1) is 6.68. The maximum Gasteiger partial charge on any atom is 0.105 e. The van der Waals surface area contributed by atoms with Gasteiger partial charge in [0.2, 0.25) is 0 Å². The van der Waals surface area contributed by atoms with Gasteiger partial charge in [0, 0.05) is 15.5 Å². The van der Waals surface area contributed by atoms with E-state index in [1.165, 1.54) is 3.57 Å². The number of nitrogens with two attached hydrogens (primary N) is 1. The minimum absolute atomic E-state index is 0.157. The van der Waals surface area contributed by atoms with Gasteiger partial charge in [-0.3, -0.25) is 4.68 Å². The van der Waals surface area contributed by atoms with E-state index >= 15 is 0 Å². The van der Waals surface area contributed by atoms with Gasteiger partial charge in [0.15, 0.2) is 0 Å². The Balaban J connectivity index is 2.33. The second-order valence-corrected chi connectivity index (χ2v) is 5.04. The van der Waals surface area contributed by atoms with E-state index in [0.29, 0.717) is 0 Å². The van der Waals surface area contributed by atoms with Crippen LogP contribution in [0.15, 0.2) is 17.6 Å². The van der Waals surface area contributed by atoms with Gasteiger partial charge in [-0.1, -0.05) is 5.21 Å². The van der Waals surface area contributed by atoms with Crippen LogP contribution < -0.4 is 5.73 Å². The highest BCUT2D eigenvalue weighted by Gasteiger charge is 2.16. The van der Waals surface area contributed by atoms with Crippen LogP contribution in [-0.2, 0) is 7.05 Å². The molecule has 0 aliphatic heterocycles. The highest BCUT2D eigenvalue weighted by molar-refractivity contribution is 14.1. The van der Waals surface area contributed by atoms with Crippen molar-refractivity contribution in [3.05, 3.63) is 31.8 Å². The van der Waals surface area contributed by atoms with Gasteiger partial charge in [0.25, 0.3) is 0 Å². The van der Waals surface area contributed by atoms with Crippen molar-refractivity contribution in [2.24, 2.45) is 12.8 Å². The molecule has 2 heterocycles. The molecule has 2 rings (SSSR count). The minimum atomic E-state index is -0.157. The predicted molar refractivity (Wildman–Crippen MR) is 64.1 cm³/mol. The SMILES string of the molecule is Cn1cc(C(N)c2sccc2I)nn1. The average Bonchev–Trinajstić information content (AvgIpc) is 2.73. The Morgan fingerprint density at radius 3 is 2.93 bits per heavy atom. The zero-order chi connectivity index (χ0) is 10.1. The van der Waals surface area contributed by atoms with E-state index in [1.54, 1.807) is 16.0 Å². The van der Waals surface area contributed by atoms with Crippen molar-refractivity contribution < 1.29 is 0 Å². The number of halogens is 1. The molecule has 1 atom stereocenters. The maximum atomic E-state index is 6.06. The second kappa shape index (κ2) is 3.95. The molecule has 0 amide bonds. The molecule has 2 aromatic rings. The van der Waals surface area contributed by atoms with Crippen LogP contribution in [0.4, 0.5) is 0 Å². The summed E-state index contributed by atoms with van der Waals surface area (Å²) in [7, 11) is 1.84. The molecule has 14 heavy (non-hydrogen) atoms. The molecule has 2 N–H and O–H groups in total. The van der Waals surface area contributed by atoms with Gasteiger partial charge in [0.1, 0.15) is 5.69 Å². The van der Waals surface area contributed by atoms with Crippen LogP contribution in [0.3, 0.4) is 0 Å². The van der Waals surface area contributed by atoms with Crippen LogP contribution >= 0.6 is 33.9 Å². The van der Waals surface area contributed by atoms with Crippen LogP contribution in [0.25, 0.3) is 0 Å². The van der Waals surface area contributed by atoms with E-state index in [0.717, 1.165) is 10.6 Å². The van der Waals surface area contributed by atoms with Crippen LogP contribution in [0.5, 0.6) is 0 Å². The van der Waals surface area contributed by atoms with Crippen LogP contribution in [-0.4, -0.2) is 15.0 Å². The molecule has 0 aliphatic carbocycles. The molecule has 0 saturated heterocycles. The molecule has 74 valence electrons. The molecule has 1 unspecified atom stereocenters. The lowest BCUT2D eigenvalue weighted by molar-refractivity contribution is 0.711. The first kappa shape index (κ1) is 10.1. The number of nitrogens with zero attached hydrogens (tertiary/aromatic N) is 3. The van der Waals surface area contributed by atoms with Crippen molar-refractivity contribution in [2.45, 2.75) is 6.04 Å². The molecular formula is C8H9IN4S. The Hall–Kier alpha value is -0.470. The topological polar surface area (TPSA) is 56.7 Å². The summed E-state index contributed by atoms with van der Waals surface area (Å²) >= 11 is 3.93. The van der Waals surface area contributed by atoms with Gasteiger partial charge in [-0.15, -0.1) is 16.4 Å². The lowest BCUT2D eigenvalue weighted by atomic mass is 10.2. The summed E-state index contributed by atoms with van der Waals surface area (Å²) in [6.45, 7) is 0. The first-order valence-electron chi connectivity index (χ1n) is 4.03. The van der Waals surface area contributed by atoms with Gasteiger partial charge >= 0.3 is 0 Å². The quantitative estimate of drug-likeness (QED) is 0.854. The van der Waals surface area contributed by atoms with Gasteiger partial charge in [-0.25, -0.2) is 0 Å². The smallest absolute Gasteiger partial charge is 0.105 e. The molecule has 0 aromatic carbocycles. The van der Waals surface area contributed by atoms with Crippen LogP contribution in [0, 0.1) is 3.57 Å². The van der Waals surface area contributed by atoms with E-state index in [2.05, 4.69) is 39.0 Å². The molecule has 0 aliphatic rings. The normalized spacial score (nSPS) is 13.1. The summed E-state index contributed by atoms with van der Waals surface area (Å²) in [6.07, 6.45) is 1.85. The maximum absolute atomic E-state index is 6.06. The largest absolute Gasteiger partial charge is 0.318 e. The summed E-state index contributed by atoms with van der Waals surface area (Å²) in [6, 6.07) is 1.90. The molecule has 0 spiro atoms. The highest BCUT2D eigenvalue weighted by atomic mass is 127. The Morgan fingerprint density at radius 2 is 2.43 bits per heavy atom. The zero-order valence-electron chi connectivity index (χ0n) is 7.51. The Bertz CT molecular complexity index is 436. The van der Waals surface area contributed by atoms with E-state index in [-0.39, 0.29) is 6.04 Å².